The third-order valence-corrected chi connectivity index (χ3v) is 4.08. The Morgan fingerprint density at radius 1 is 1.32 bits per heavy atom. The van der Waals surface area contributed by atoms with E-state index in [1.165, 1.54) is 0 Å². The van der Waals surface area contributed by atoms with E-state index >= 15 is 0 Å². The van der Waals surface area contributed by atoms with Gasteiger partial charge in [-0.15, -0.1) is 0 Å². The van der Waals surface area contributed by atoms with Crippen LogP contribution < -0.4 is 0 Å². The topological polar surface area (TPSA) is 38.1 Å². The van der Waals surface area contributed by atoms with E-state index in [-0.39, 0.29) is 11.9 Å². The fourth-order valence-corrected chi connectivity index (χ4v) is 3.07. The molecular formula is C18H21N3O. The number of imidazole rings is 1. The average molecular weight is 295 g/mol. The highest BCUT2D eigenvalue weighted by Crippen LogP contribution is 2.31. The lowest BCUT2D eigenvalue weighted by molar-refractivity contribution is -0.127. The standard InChI is InChI=1S/C18H21N3O/c1-14-13-20(2)18(19-14)16-9-6-12-21(16)17(22)11-10-15-7-4-3-5-8-15/h3-5,7-8,10-11,13,16H,6,9,12H2,1-2H3/b11-10+/t16-/m0/s1. The Hall–Kier alpha value is -2.36. The third-order valence-electron chi connectivity index (χ3n) is 4.08. The van der Waals surface area contributed by atoms with Gasteiger partial charge in [0.05, 0.1) is 11.7 Å². The molecule has 1 aromatic heterocycles. The average Bonchev–Trinajstić information content (AvgIpc) is 3.12. The molecule has 1 aliphatic heterocycles. The van der Waals surface area contributed by atoms with Crippen molar-refractivity contribution in [3.63, 3.8) is 0 Å². The van der Waals surface area contributed by atoms with Crippen LogP contribution in [0.2, 0.25) is 0 Å². The van der Waals surface area contributed by atoms with Crippen molar-refractivity contribution in [3.05, 3.63) is 59.7 Å². The molecule has 4 heteroatoms. The summed E-state index contributed by atoms with van der Waals surface area (Å²) in [7, 11) is 2.00. The fourth-order valence-electron chi connectivity index (χ4n) is 3.07. The third kappa shape index (κ3) is 2.96. The molecule has 1 aromatic carbocycles. The summed E-state index contributed by atoms with van der Waals surface area (Å²) >= 11 is 0. The number of rotatable bonds is 3. The van der Waals surface area contributed by atoms with E-state index in [1.54, 1.807) is 6.08 Å². The number of carbonyl (C=O) groups is 1. The fraction of sp³-hybridized carbons (Fsp3) is 0.333. The Balaban J connectivity index is 1.77. The first-order chi connectivity index (χ1) is 10.6. The van der Waals surface area contributed by atoms with Crippen LogP contribution >= 0.6 is 0 Å². The molecule has 114 valence electrons. The Morgan fingerprint density at radius 3 is 2.77 bits per heavy atom. The van der Waals surface area contributed by atoms with Crippen molar-refractivity contribution in [2.75, 3.05) is 6.54 Å². The van der Waals surface area contributed by atoms with Crippen LogP contribution in [0, 0.1) is 6.92 Å². The quantitative estimate of drug-likeness (QED) is 0.816. The molecule has 0 spiro atoms. The first-order valence-electron chi connectivity index (χ1n) is 7.69. The largest absolute Gasteiger partial charge is 0.336 e. The number of hydrogen-bond donors (Lipinski definition) is 0. The molecular weight excluding hydrogens is 274 g/mol. The van der Waals surface area contributed by atoms with E-state index < -0.39 is 0 Å². The first kappa shape index (κ1) is 14.6. The van der Waals surface area contributed by atoms with Crippen molar-refractivity contribution in [3.8, 4) is 0 Å². The Morgan fingerprint density at radius 2 is 2.09 bits per heavy atom. The minimum Gasteiger partial charge on any atom is -0.336 e. The van der Waals surface area contributed by atoms with Crippen molar-refractivity contribution >= 4 is 12.0 Å². The zero-order valence-electron chi connectivity index (χ0n) is 13.1. The Bertz CT molecular complexity index is 688. The van der Waals surface area contributed by atoms with Gasteiger partial charge in [-0.3, -0.25) is 4.79 Å². The van der Waals surface area contributed by atoms with E-state index in [1.807, 2.05) is 66.0 Å². The molecule has 0 aliphatic carbocycles. The van der Waals surface area contributed by atoms with Crippen LogP contribution in [0.25, 0.3) is 6.08 Å². The summed E-state index contributed by atoms with van der Waals surface area (Å²) in [4.78, 5) is 19.0. The van der Waals surface area contributed by atoms with Crippen molar-refractivity contribution in [1.29, 1.82) is 0 Å². The number of carbonyl (C=O) groups excluding carboxylic acids is 1. The minimum atomic E-state index is 0.0620. The summed E-state index contributed by atoms with van der Waals surface area (Å²) in [5.41, 5.74) is 2.04. The molecule has 22 heavy (non-hydrogen) atoms. The lowest BCUT2D eigenvalue weighted by Crippen LogP contribution is -2.30. The van der Waals surface area contributed by atoms with Gasteiger partial charge in [-0.2, -0.15) is 0 Å². The monoisotopic (exact) mass is 295 g/mol. The molecule has 1 aliphatic rings. The molecule has 2 heterocycles. The lowest BCUT2D eigenvalue weighted by atomic mass is 10.2. The first-order valence-corrected chi connectivity index (χ1v) is 7.69. The number of aryl methyl sites for hydroxylation is 2. The number of amides is 1. The van der Waals surface area contributed by atoms with Crippen molar-refractivity contribution < 1.29 is 4.79 Å². The second-order valence-corrected chi connectivity index (χ2v) is 5.79. The van der Waals surface area contributed by atoms with Gasteiger partial charge in [0.25, 0.3) is 0 Å². The van der Waals surface area contributed by atoms with Gasteiger partial charge in [0.15, 0.2) is 0 Å². The highest BCUT2D eigenvalue weighted by Gasteiger charge is 2.31. The van der Waals surface area contributed by atoms with E-state index in [2.05, 4.69) is 4.98 Å². The molecule has 0 N–H and O–H groups in total. The van der Waals surface area contributed by atoms with Crippen LogP contribution in [0.1, 0.15) is 36.0 Å². The molecule has 0 radical (unpaired) electrons. The minimum absolute atomic E-state index is 0.0620. The van der Waals surface area contributed by atoms with Gasteiger partial charge in [-0.25, -0.2) is 4.98 Å². The molecule has 1 amide bonds. The smallest absolute Gasteiger partial charge is 0.247 e. The zero-order valence-corrected chi connectivity index (χ0v) is 13.1. The SMILES string of the molecule is Cc1cn(C)c([C@@H]2CCCN2C(=O)/C=C/c2ccccc2)n1. The summed E-state index contributed by atoms with van der Waals surface area (Å²) in [5, 5.41) is 0. The Kier molecular flexibility index (Phi) is 4.09. The van der Waals surface area contributed by atoms with Gasteiger partial charge in [0.2, 0.25) is 5.91 Å². The zero-order chi connectivity index (χ0) is 15.5. The van der Waals surface area contributed by atoms with Gasteiger partial charge < -0.3 is 9.47 Å². The maximum Gasteiger partial charge on any atom is 0.247 e. The summed E-state index contributed by atoms with van der Waals surface area (Å²) in [6, 6.07) is 9.99. The summed E-state index contributed by atoms with van der Waals surface area (Å²) < 4.78 is 2.03. The van der Waals surface area contributed by atoms with E-state index in [4.69, 9.17) is 0 Å². The highest BCUT2D eigenvalue weighted by molar-refractivity contribution is 5.92. The predicted molar refractivity (Wildman–Crippen MR) is 87.1 cm³/mol. The van der Waals surface area contributed by atoms with E-state index in [0.29, 0.717) is 0 Å². The van der Waals surface area contributed by atoms with E-state index in [0.717, 1.165) is 36.5 Å². The molecule has 0 bridgehead atoms. The van der Waals surface area contributed by atoms with Crippen molar-refractivity contribution in [2.45, 2.75) is 25.8 Å². The molecule has 2 aromatic rings. The molecule has 1 saturated heterocycles. The van der Waals surface area contributed by atoms with Crippen LogP contribution in [0.5, 0.6) is 0 Å². The molecule has 4 nitrogen and oxygen atoms in total. The molecule has 0 unspecified atom stereocenters. The van der Waals surface area contributed by atoms with Gasteiger partial charge in [0.1, 0.15) is 5.82 Å². The highest BCUT2D eigenvalue weighted by atomic mass is 16.2. The van der Waals surface area contributed by atoms with Gasteiger partial charge in [0, 0.05) is 25.9 Å². The lowest BCUT2D eigenvalue weighted by Gasteiger charge is -2.23. The summed E-state index contributed by atoms with van der Waals surface area (Å²) in [6.07, 6.45) is 7.57. The van der Waals surface area contributed by atoms with Crippen LogP contribution in [0.15, 0.2) is 42.6 Å². The molecule has 1 fully saturated rings. The Labute approximate surface area is 131 Å². The van der Waals surface area contributed by atoms with Gasteiger partial charge in [-0.05, 0) is 31.4 Å². The van der Waals surface area contributed by atoms with Crippen molar-refractivity contribution in [2.24, 2.45) is 7.05 Å². The summed E-state index contributed by atoms with van der Waals surface area (Å²) in [6.45, 7) is 2.79. The van der Waals surface area contributed by atoms with Crippen LogP contribution in [-0.2, 0) is 11.8 Å². The van der Waals surface area contributed by atoms with E-state index in [9.17, 15) is 4.79 Å². The second-order valence-electron chi connectivity index (χ2n) is 5.79. The van der Waals surface area contributed by atoms with Crippen molar-refractivity contribution in [1.82, 2.24) is 14.5 Å². The maximum absolute atomic E-state index is 12.5. The maximum atomic E-state index is 12.5. The van der Waals surface area contributed by atoms with Gasteiger partial charge >= 0.3 is 0 Å². The second kappa shape index (κ2) is 6.18. The molecule has 3 rings (SSSR count). The predicted octanol–water partition coefficient (Wildman–Crippen LogP) is 3.11. The van der Waals surface area contributed by atoms with Crippen LogP contribution in [0.3, 0.4) is 0 Å². The number of aromatic nitrogens is 2. The van der Waals surface area contributed by atoms with Gasteiger partial charge in [-0.1, -0.05) is 30.3 Å². The number of nitrogens with zero attached hydrogens (tertiary/aromatic N) is 3. The van der Waals surface area contributed by atoms with Crippen LogP contribution in [0.4, 0.5) is 0 Å². The normalized spacial score (nSPS) is 18.3. The summed E-state index contributed by atoms with van der Waals surface area (Å²) in [5.74, 6) is 1.04. The molecule has 1 atom stereocenters. The number of hydrogen-bond acceptors (Lipinski definition) is 2. The number of likely N-dealkylation sites (tertiary alicyclic amines) is 1. The molecule has 0 saturated carbocycles. The van der Waals surface area contributed by atoms with Crippen LogP contribution in [-0.4, -0.2) is 26.9 Å². The number of benzene rings is 1.